The highest BCUT2D eigenvalue weighted by Crippen LogP contribution is 2.24. The maximum absolute atomic E-state index is 11.9. The van der Waals surface area contributed by atoms with Gasteiger partial charge in [0.1, 0.15) is 5.75 Å². The third kappa shape index (κ3) is 3.53. The number of ether oxygens (including phenoxy) is 1. The molecule has 0 aliphatic carbocycles. The first-order chi connectivity index (χ1) is 9.74. The van der Waals surface area contributed by atoms with E-state index in [0.717, 1.165) is 10.5 Å². The largest absolute Gasteiger partial charge is 0.476 e. The predicted molar refractivity (Wildman–Crippen MR) is 80.4 cm³/mol. The minimum Gasteiger partial charge on any atom is -0.476 e. The number of benzene rings is 2. The summed E-state index contributed by atoms with van der Waals surface area (Å²) in [5.41, 5.74) is 2.89. The molecule has 1 atom stereocenters. The van der Waals surface area contributed by atoms with Gasteiger partial charge in [0, 0.05) is 10.5 Å². The van der Waals surface area contributed by atoms with Crippen molar-refractivity contribution >= 4 is 17.7 Å². The Morgan fingerprint density at radius 1 is 1.15 bits per heavy atom. The zero-order chi connectivity index (χ0) is 14.4. The van der Waals surface area contributed by atoms with Crippen LogP contribution in [0, 0.1) is 0 Å². The fourth-order valence-corrected chi connectivity index (χ4v) is 2.18. The number of carbonyl (C=O) groups is 1. The molecule has 5 heteroatoms. The maximum Gasteiger partial charge on any atom is 0.279 e. The van der Waals surface area contributed by atoms with Crippen LogP contribution < -0.4 is 16.0 Å². The highest BCUT2D eigenvalue weighted by atomic mass is 32.2. The minimum atomic E-state index is -0.763. The summed E-state index contributed by atoms with van der Waals surface area (Å²) < 4.78 is 5.75. The lowest BCUT2D eigenvalue weighted by atomic mass is 10.1. The van der Waals surface area contributed by atoms with Crippen LogP contribution in [0.15, 0.2) is 59.5 Å². The van der Waals surface area contributed by atoms with E-state index in [2.05, 4.69) is 5.43 Å². The average Bonchev–Trinajstić information content (AvgIpc) is 2.53. The van der Waals surface area contributed by atoms with Crippen LogP contribution in [-0.4, -0.2) is 12.2 Å². The highest BCUT2D eigenvalue weighted by Gasteiger charge is 2.21. The smallest absolute Gasteiger partial charge is 0.279 e. The fraction of sp³-hybridized carbons (Fsp3) is 0.133. The Bertz CT molecular complexity index is 558. The van der Waals surface area contributed by atoms with E-state index in [1.54, 1.807) is 11.8 Å². The molecule has 104 valence electrons. The first-order valence-corrected chi connectivity index (χ1v) is 7.33. The number of thioether (sulfide) groups is 1. The SMILES string of the molecule is CSc1ccc(OC(C(=O)NN)c2ccccc2)cc1. The Hall–Kier alpha value is -1.98. The number of rotatable bonds is 5. The van der Waals surface area contributed by atoms with Crippen molar-refractivity contribution in [1.82, 2.24) is 5.43 Å². The summed E-state index contributed by atoms with van der Waals surface area (Å²) in [6, 6.07) is 16.8. The second-order valence-corrected chi connectivity index (χ2v) is 4.97. The van der Waals surface area contributed by atoms with E-state index in [1.165, 1.54) is 0 Å². The molecule has 2 rings (SSSR count). The summed E-state index contributed by atoms with van der Waals surface area (Å²) in [6.07, 6.45) is 1.24. The molecule has 2 aromatic rings. The molecule has 4 nitrogen and oxygen atoms in total. The monoisotopic (exact) mass is 288 g/mol. The number of hydrogen-bond acceptors (Lipinski definition) is 4. The van der Waals surface area contributed by atoms with Crippen LogP contribution in [0.3, 0.4) is 0 Å². The first-order valence-electron chi connectivity index (χ1n) is 6.10. The molecule has 0 saturated carbocycles. The van der Waals surface area contributed by atoms with Gasteiger partial charge in [-0.05, 0) is 30.5 Å². The molecule has 0 aliphatic heterocycles. The number of nitrogens with two attached hydrogens (primary N) is 1. The summed E-state index contributed by atoms with van der Waals surface area (Å²) in [7, 11) is 0. The Kier molecular flexibility index (Phi) is 5.03. The Balaban J connectivity index is 2.21. The molecule has 0 radical (unpaired) electrons. The number of amides is 1. The van der Waals surface area contributed by atoms with Crippen LogP contribution in [0.2, 0.25) is 0 Å². The van der Waals surface area contributed by atoms with Gasteiger partial charge in [-0.25, -0.2) is 5.84 Å². The lowest BCUT2D eigenvalue weighted by Crippen LogP contribution is -2.37. The van der Waals surface area contributed by atoms with Gasteiger partial charge < -0.3 is 4.74 Å². The lowest BCUT2D eigenvalue weighted by Gasteiger charge is -2.18. The van der Waals surface area contributed by atoms with Crippen molar-refractivity contribution in [2.45, 2.75) is 11.0 Å². The van der Waals surface area contributed by atoms with Crippen LogP contribution >= 0.6 is 11.8 Å². The van der Waals surface area contributed by atoms with Crippen molar-refractivity contribution in [3.8, 4) is 5.75 Å². The summed E-state index contributed by atoms with van der Waals surface area (Å²) in [5, 5.41) is 0. The van der Waals surface area contributed by atoms with Crippen LogP contribution in [0.4, 0.5) is 0 Å². The molecular formula is C15H16N2O2S. The first kappa shape index (κ1) is 14.4. The quantitative estimate of drug-likeness (QED) is 0.384. The topological polar surface area (TPSA) is 64.3 Å². The van der Waals surface area contributed by atoms with Crippen molar-refractivity contribution < 1.29 is 9.53 Å². The molecule has 0 spiro atoms. The summed E-state index contributed by atoms with van der Waals surface area (Å²) in [5.74, 6) is 5.47. The molecule has 1 unspecified atom stereocenters. The van der Waals surface area contributed by atoms with Crippen molar-refractivity contribution in [1.29, 1.82) is 0 Å². The molecule has 3 N–H and O–H groups in total. The molecule has 0 aromatic heterocycles. The van der Waals surface area contributed by atoms with E-state index in [1.807, 2.05) is 60.9 Å². The van der Waals surface area contributed by atoms with Gasteiger partial charge in [-0.1, -0.05) is 30.3 Å². The summed E-state index contributed by atoms with van der Waals surface area (Å²) in [4.78, 5) is 13.0. The van der Waals surface area contributed by atoms with Crippen LogP contribution in [0.25, 0.3) is 0 Å². The van der Waals surface area contributed by atoms with E-state index < -0.39 is 6.10 Å². The summed E-state index contributed by atoms with van der Waals surface area (Å²) in [6.45, 7) is 0. The van der Waals surface area contributed by atoms with Gasteiger partial charge in [-0.15, -0.1) is 11.8 Å². The second kappa shape index (κ2) is 6.98. The van der Waals surface area contributed by atoms with Crippen molar-refractivity contribution in [3.05, 3.63) is 60.2 Å². The van der Waals surface area contributed by atoms with E-state index in [-0.39, 0.29) is 5.91 Å². The van der Waals surface area contributed by atoms with Crippen LogP contribution in [0.5, 0.6) is 5.75 Å². The zero-order valence-corrected chi connectivity index (χ0v) is 11.9. The van der Waals surface area contributed by atoms with Gasteiger partial charge in [-0.2, -0.15) is 0 Å². The Morgan fingerprint density at radius 2 is 1.80 bits per heavy atom. The highest BCUT2D eigenvalue weighted by molar-refractivity contribution is 7.98. The van der Waals surface area contributed by atoms with Crippen molar-refractivity contribution in [3.63, 3.8) is 0 Å². The van der Waals surface area contributed by atoms with E-state index in [4.69, 9.17) is 10.6 Å². The van der Waals surface area contributed by atoms with Gasteiger partial charge in [0.25, 0.3) is 5.91 Å². The van der Waals surface area contributed by atoms with Crippen molar-refractivity contribution in [2.24, 2.45) is 5.84 Å². The molecule has 0 bridgehead atoms. The molecule has 20 heavy (non-hydrogen) atoms. The number of nitrogens with one attached hydrogen (secondary N) is 1. The second-order valence-electron chi connectivity index (χ2n) is 4.09. The number of hydrogen-bond donors (Lipinski definition) is 2. The van der Waals surface area contributed by atoms with Crippen LogP contribution in [-0.2, 0) is 4.79 Å². The van der Waals surface area contributed by atoms with Crippen molar-refractivity contribution in [2.75, 3.05) is 6.26 Å². The van der Waals surface area contributed by atoms with Gasteiger partial charge in [0.15, 0.2) is 0 Å². The van der Waals surface area contributed by atoms with Gasteiger partial charge in [-0.3, -0.25) is 10.2 Å². The standard InChI is InChI=1S/C15H16N2O2S/c1-20-13-9-7-12(8-10-13)19-14(15(18)17-16)11-5-3-2-4-6-11/h2-10,14H,16H2,1H3,(H,17,18). The minimum absolute atomic E-state index is 0.384. The average molecular weight is 288 g/mol. The summed E-state index contributed by atoms with van der Waals surface area (Å²) >= 11 is 1.65. The Morgan fingerprint density at radius 3 is 2.35 bits per heavy atom. The normalized spacial score (nSPS) is 11.7. The maximum atomic E-state index is 11.9. The number of carbonyl (C=O) groups excluding carboxylic acids is 1. The van der Waals surface area contributed by atoms with Gasteiger partial charge in [0.05, 0.1) is 0 Å². The fourth-order valence-electron chi connectivity index (χ4n) is 1.77. The van der Waals surface area contributed by atoms with E-state index >= 15 is 0 Å². The molecule has 0 heterocycles. The number of hydrazine groups is 1. The van der Waals surface area contributed by atoms with E-state index in [0.29, 0.717) is 5.75 Å². The van der Waals surface area contributed by atoms with E-state index in [9.17, 15) is 4.79 Å². The molecule has 0 aliphatic rings. The van der Waals surface area contributed by atoms with Crippen LogP contribution in [0.1, 0.15) is 11.7 Å². The Labute approximate surface area is 122 Å². The van der Waals surface area contributed by atoms with Gasteiger partial charge >= 0.3 is 0 Å². The molecule has 1 amide bonds. The third-order valence-corrected chi connectivity index (χ3v) is 3.54. The lowest BCUT2D eigenvalue weighted by molar-refractivity contribution is -0.128. The van der Waals surface area contributed by atoms with Gasteiger partial charge in [0.2, 0.25) is 6.10 Å². The third-order valence-electron chi connectivity index (χ3n) is 2.80. The zero-order valence-electron chi connectivity index (χ0n) is 11.1. The predicted octanol–water partition coefficient (Wildman–Crippen LogP) is 2.52. The molecule has 0 fully saturated rings. The molecule has 2 aromatic carbocycles. The molecular weight excluding hydrogens is 272 g/mol. The molecule has 0 saturated heterocycles.